The zero-order chi connectivity index (χ0) is 14.1. The highest BCUT2D eigenvalue weighted by Gasteiger charge is 2.19. The zero-order valence-electron chi connectivity index (χ0n) is 10.4. The zero-order valence-corrected chi connectivity index (χ0v) is 12.0. The van der Waals surface area contributed by atoms with Gasteiger partial charge in [0, 0.05) is 11.9 Å². The van der Waals surface area contributed by atoms with E-state index < -0.39 is 24.9 Å². The second-order valence-corrected chi connectivity index (χ2v) is 8.51. The van der Waals surface area contributed by atoms with E-state index >= 15 is 0 Å². The molecule has 0 spiro atoms. The SMILES string of the molecule is Cc1cc(NS(=O)(=O)CS(C)(=O)=O)c(C)cc1N. The number of hydrogen-bond donors (Lipinski definition) is 2. The molecule has 0 fully saturated rings. The van der Waals surface area contributed by atoms with Crippen molar-refractivity contribution in [1.82, 2.24) is 0 Å². The van der Waals surface area contributed by atoms with Gasteiger partial charge in [-0.15, -0.1) is 0 Å². The van der Waals surface area contributed by atoms with Crippen molar-refractivity contribution in [2.45, 2.75) is 13.8 Å². The minimum atomic E-state index is -3.92. The van der Waals surface area contributed by atoms with Crippen molar-refractivity contribution in [3.63, 3.8) is 0 Å². The minimum Gasteiger partial charge on any atom is -0.399 e. The molecule has 1 aromatic rings. The number of anilines is 2. The molecule has 18 heavy (non-hydrogen) atoms. The Labute approximate surface area is 107 Å². The van der Waals surface area contributed by atoms with Gasteiger partial charge in [0.05, 0.1) is 5.69 Å². The smallest absolute Gasteiger partial charge is 0.247 e. The van der Waals surface area contributed by atoms with Gasteiger partial charge in [-0.3, -0.25) is 4.72 Å². The van der Waals surface area contributed by atoms with Gasteiger partial charge in [-0.2, -0.15) is 0 Å². The van der Waals surface area contributed by atoms with Crippen LogP contribution in [0.2, 0.25) is 0 Å². The summed E-state index contributed by atoms with van der Waals surface area (Å²) in [6, 6.07) is 3.21. The Bertz CT molecular complexity index is 663. The quantitative estimate of drug-likeness (QED) is 0.792. The first-order valence-corrected chi connectivity index (χ1v) is 8.76. The standard InChI is InChI=1S/C10H16N2O4S2/c1-7-5-10(8(2)4-9(7)11)12-18(15,16)6-17(3,13)14/h4-5,12H,6,11H2,1-3H3. The van der Waals surface area contributed by atoms with Gasteiger partial charge in [-0.25, -0.2) is 16.8 Å². The van der Waals surface area contributed by atoms with Gasteiger partial charge in [0.25, 0.3) is 0 Å². The molecule has 0 aromatic heterocycles. The number of hydrogen-bond acceptors (Lipinski definition) is 5. The van der Waals surface area contributed by atoms with Gasteiger partial charge in [0.1, 0.15) is 0 Å². The summed E-state index contributed by atoms with van der Waals surface area (Å²) in [5, 5.41) is -0.942. The molecule has 0 aliphatic heterocycles. The molecule has 1 aromatic carbocycles. The summed E-state index contributed by atoms with van der Waals surface area (Å²) in [6.45, 7) is 3.43. The lowest BCUT2D eigenvalue weighted by Crippen LogP contribution is -2.22. The molecule has 0 amide bonds. The van der Waals surface area contributed by atoms with E-state index in [0.29, 0.717) is 16.9 Å². The van der Waals surface area contributed by atoms with Gasteiger partial charge >= 0.3 is 0 Å². The number of rotatable bonds is 4. The number of nitrogens with two attached hydrogens (primary N) is 1. The highest BCUT2D eigenvalue weighted by atomic mass is 32.3. The lowest BCUT2D eigenvalue weighted by molar-refractivity contribution is 0.595. The van der Waals surface area contributed by atoms with Crippen LogP contribution in [0.1, 0.15) is 11.1 Å². The fourth-order valence-corrected chi connectivity index (χ4v) is 4.47. The largest absolute Gasteiger partial charge is 0.399 e. The Morgan fingerprint density at radius 1 is 1.11 bits per heavy atom. The lowest BCUT2D eigenvalue weighted by Gasteiger charge is -2.12. The molecule has 0 atom stereocenters. The predicted octanol–water partition coefficient (Wildman–Crippen LogP) is 0.629. The second-order valence-electron chi connectivity index (χ2n) is 4.28. The number of aryl methyl sites for hydroxylation is 2. The van der Waals surface area contributed by atoms with Crippen molar-refractivity contribution in [1.29, 1.82) is 0 Å². The second kappa shape index (κ2) is 4.77. The van der Waals surface area contributed by atoms with Crippen LogP contribution in [-0.4, -0.2) is 28.2 Å². The molecule has 102 valence electrons. The van der Waals surface area contributed by atoms with E-state index in [4.69, 9.17) is 5.73 Å². The number of sulfonamides is 1. The van der Waals surface area contributed by atoms with Crippen LogP contribution < -0.4 is 10.5 Å². The predicted molar refractivity (Wildman–Crippen MR) is 72.6 cm³/mol. The highest BCUT2D eigenvalue weighted by Crippen LogP contribution is 2.23. The molecule has 0 aliphatic rings. The van der Waals surface area contributed by atoms with Crippen molar-refractivity contribution in [3.8, 4) is 0 Å². The molecule has 3 N–H and O–H groups in total. The van der Waals surface area contributed by atoms with Crippen LogP contribution in [0.15, 0.2) is 12.1 Å². The summed E-state index contributed by atoms with van der Waals surface area (Å²) < 4.78 is 47.5. The summed E-state index contributed by atoms with van der Waals surface area (Å²) in [4.78, 5) is 0. The molecule has 0 saturated heterocycles. The van der Waals surface area contributed by atoms with E-state index in [9.17, 15) is 16.8 Å². The summed E-state index contributed by atoms with van der Waals surface area (Å²) in [7, 11) is -7.53. The Hall–Kier alpha value is -1.28. The van der Waals surface area contributed by atoms with Gasteiger partial charge in [-0.05, 0) is 37.1 Å². The fraction of sp³-hybridized carbons (Fsp3) is 0.400. The number of nitrogen functional groups attached to an aromatic ring is 1. The Morgan fingerprint density at radius 2 is 1.67 bits per heavy atom. The molecule has 8 heteroatoms. The first-order chi connectivity index (χ1) is 8.00. The minimum absolute atomic E-state index is 0.338. The maximum absolute atomic E-state index is 11.6. The summed E-state index contributed by atoms with van der Waals surface area (Å²) in [5.74, 6) is 0. The van der Waals surface area contributed by atoms with Crippen molar-refractivity contribution >= 4 is 31.2 Å². The van der Waals surface area contributed by atoms with E-state index in [1.165, 1.54) is 0 Å². The number of benzene rings is 1. The molecule has 0 bridgehead atoms. The van der Waals surface area contributed by atoms with Crippen molar-refractivity contribution in [2.75, 3.05) is 21.8 Å². The lowest BCUT2D eigenvalue weighted by atomic mass is 10.1. The van der Waals surface area contributed by atoms with Crippen LogP contribution >= 0.6 is 0 Å². The molecule has 0 radical (unpaired) electrons. The van der Waals surface area contributed by atoms with Crippen LogP contribution in [0.25, 0.3) is 0 Å². The normalized spacial score (nSPS) is 12.4. The van der Waals surface area contributed by atoms with E-state index in [1.54, 1.807) is 26.0 Å². The summed E-state index contributed by atoms with van der Waals surface area (Å²) in [5.41, 5.74) is 7.93. The molecule has 0 aliphatic carbocycles. The monoisotopic (exact) mass is 292 g/mol. The van der Waals surface area contributed by atoms with Crippen LogP contribution in [-0.2, 0) is 19.9 Å². The molecule has 6 nitrogen and oxygen atoms in total. The van der Waals surface area contributed by atoms with Crippen molar-refractivity contribution in [3.05, 3.63) is 23.3 Å². The molecular weight excluding hydrogens is 276 g/mol. The third-order valence-electron chi connectivity index (χ3n) is 2.25. The van der Waals surface area contributed by atoms with Gasteiger partial charge < -0.3 is 5.73 Å². The van der Waals surface area contributed by atoms with Gasteiger partial charge in [0.2, 0.25) is 10.0 Å². The molecular formula is C10H16N2O4S2. The topological polar surface area (TPSA) is 106 Å². The van der Waals surface area contributed by atoms with Crippen LogP contribution in [0.5, 0.6) is 0 Å². The number of sulfone groups is 1. The van der Waals surface area contributed by atoms with Crippen LogP contribution in [0.3, 0.4) is 0 Å². The average molecular weight is 292 g/mol. The number of nitrogens with one attached hydrogen (secondary N) is 1. The van der Waals surface area contributed by atoms with E-state index in [1.807, 2.05) is 0 Å². The molecule has 0 unspecified atom stereocenters. The third-order valence-corrected chi connectivity index (χ3v) is 5.73. The first-order valence-electron chi connectivity index (χ1n) is 5.05. The highest BCUT2D eigenvalue weighted by molar-refractivity contribution is 8.08. The van der Waals surface area contributed by atoms with Gasteiger partial charge in [0.15, 0.2) is 14.9 Å². The third kappa shape index (κ3) is 4.19. The Morgan fingerprint density at radius 3 is 2.17 bits per heavy atom. The van der Waals surface area contributed by atoms with E-state index in [2.05, 4.69) is 4.72 Å². The van der Waals surface area contributed by atoms with Crippen molar-refractivity contribution in [2.24, 2.45) is 0 Å². The van der Waals surface area contributed by atoms with Crippen molar-refractivity contribution < 1.29 is 16.8 Å². The van der Waals surface area contributed by atoms with Crippen LogP contribution in [0, 0.1) is 13.8 Å². The maximum atomic E-state index is 11.6. The fourth-order valence-electron chi connectivity index (χ4n) is 1.43. The molecule has 0 saturated carbocycles. The molecule has 1 rings (SSSR count). The summed E-state index contributed by atoms with van der Waals surface area (Å²) >= 11 is 0. The van der Waals surface area contributed by atoms with Crippen LogP contribution in [0.4, 0.5) is 11.4 Å². The first kappa shape index (κ1) is 14.8. The maximum Gasteiger partial charge on any atom is 0.247 e. The van der Waals surface area contributed by atoms with Gasteiger partial charge in [-0.1, -0.05) is 0 Å². The Balaban J connectivity index is 3.09. The van der Waals surface area contributed by atoms with E-state index in [-0.39, 0.29) is 0 Å². The summed E-state index contributed by atoms with van der Waals surface area (Å²) in [6.07, 6.45) is 0.868. The van der Waals surface area contributed by atoms with E-state index in [0.717, 1.165) is 11.8 Å². The molecule has 0 heterocycles. The average Bonchev–Trinajstić information content (AvgIpc) is 2.09. The Kier molecular flexibility index (Phi) is 3.92.